The molecular weight excluding hydrogens is 842 g/mol. The Kier molecular flexibility index (Phi) is 23.5. The third-order valence-corrected chi connectivity index (χ3v) is 11.4. The summed E-state index contributed by atoms with van der Waals surface area (Å²) in [5.41, 5.74) is 8.32. The summed E-state index contributed by atoms with van der Waals surface area (Å²) < 4.78 is 10.3. The van der Waals surface area contributed by atoms with Crippen molar-refractivity contribution < 1.29 is 48.5 Å². The fraction of sp³-hybridized carbons (Fsp3) is 0.625. The van der Waals surface area contributed by atoms with Gasteiger partial charge in [-0.05, 0) is 110 Å². The van der Waals surface area contributed by atoms with E-state index in [9.17, 15) is 39.0 Å². The van der Waals surface area contributed by atoms with Crippen molar-refractivity contribution in [1.29, 1.82) is 0 Å². The average molecular weight is 917 g/mol. The predicted octanol–water partition coefficient (Wildman–Crippen LogP) is 5.67. The maximum atomic E-state index is 13.3. The van der Waals surface area contributed by atoms with Gasteiger partial charge in [-0.25, -0.2) is 9.59 Å². The minimum absolute atomic E-state index is 0. The molecule has 3 aliphatic rings. The number of hydrogen-bond donors (Lipinski definition) is 5. The van der Waals surface area contributed by atoms with Gasteiger partial charge in [0.25, 0.3) is 0 Å². The fourth-order valence-corrected chi connectivity index (χ4v) is 8.46. The molecule has 5 rings (SSSR count). The van der Waals surface area contributed by atoms with Crippen LogP contribution in [0.3, 0.4) is 0 Å². The standard InChI is InChI=1S/C25H30N2O5.C19H32N2O5.C4H11N.ClH/c1-3-32-25(31)21(14-13-18-9-5-4-6-10-18)26-17(2)23(28)27-16-20-12-8-7-11-19(20)15-22(27)24(29)30;1-4-8-14(19(25)26-5-2)20-12(3)17(22)21-15-10-7-6-9-13(15)11-16(21)18(23)24;1-4(2,3)5;/h4-12,17,21-22,26H,3,13-16H2,1-2H3,(H,29,30);12-16,20H,4-11H2,1-3H3,(H,23,24);5H2,1-3H3;1H/t17-,21-,22-;12-,13-,14-,15-,16-;;/m00../s1. The number of likely N-dealkylation sites (tertiary alicyclic amines) is 1. The zero-order valence-corrected chi connectivity index (χ0v) is 39.9. The van der Waals surface area contributed by atoms with E-state index in [1.165, 1.54) is 4.90 Å². The highest BCUT2D eigenvalue weighted by atomic mass is 35.5. The average Bonchev–Trinajstić information content (AvgIpc) is 3.64. The van der Waals surface area contributed by atoms with Crippen molar-refractivity contribution >= 4 is 48.1 Å². The lowest BCUT2D eigenvalue weighted by Crippen LogP contribution is -2.56. The molecule has 2 aromatic carbocycles. The van der Waals surface area contributed by atoms with Crippen LogP contribution >= 0.6 is 12.4 Å². The van der Waals surface area contributed by atoms with Gasteiger partial charge in [-0.2, -0.15) is 0 Å². The van der Waals surface area contributed by atoms with Crippen molar-refractivity contribution in [2.75, 3.05) is 13.2 Å². The van der Waals surface area contributed by atoms with Crippen molar-refractivity contribution in [3.05, 3.63) is 71.3 Å². The number of fused-ring (bicyclic) bond motifs is 2. The highest BCUT2D eigenvalue weighted by molar-refractivity contribution is 5.89. The van der Waals surface area contributed by atoms with Crippen LogP contribution in [0.5, 0.6) is 0 Å². The number of rotatable bonds is 17. The highest BCUT2D eigenvalue weighted by Crippen LogP contribution is 2.40. The van der Waals surface area contributed by atoms with Crippen LogP contribution in [-0.2, 0) is 57.6 Å². The molecule has 0 spiro atoms. The molecule has 8 atom stereocenters. The number of carbonyl (C=O) groups excluding carboxylic acids is 4. The van der Waals surface area contributed by atoms with Gasteiger partial charge in [0.05, 0.1) is 25.3 Å². The van der Waals surface area contributed by atoms with Gasteiger partial charge in [-0.3, -0.25) is 29.8 Å². The van der Waals surface area contributed by atoms with Gasteiger partial charge in [-0.1, -0.05) is 80.8 Å². The second kappa shape index (κ2) is 27.0. The summed E-state index contributed by atoms with van der Waals surface area (Å²) in [5.74, 6) is -3.04. The number of benzene rings is 2. The number of esters is 2. The Morgan fingerprint density at radius 2 is 1.25 bits per heavy atom. The molecule has 0 aromatic heterocycles. The van der Waals surface area contributed by atoms with Crippen LogP contribution in [0.1, 0.15) is 123 Å². The van der Waals surface area contributed by atoms with Gasteiger partial charge in [0.2, 0.25) is 11.8 Å². The first kappa shape index (κ1) is 55.6. The number of nitrogens with zero attached hydrogens (tertiary/aromatic N) is 2. The summed E-state index contributed by atoms with van der Waals surface area (Å²) in [6.07, 6.45) is 7.25. The van der Waals surface area contributed by atoms with E-state index in [0.717, 1.165) is 48.8 Å². The summed E-state index contributed by atoms with van der Waals surface area (Å²) >= 11 is 0. The van der Waals surface area contributed by atoms with Crippen LogP contribution in [0.4, 0.5) is 0 Å². The van der Waals surface area contributed by atoms with Crippen LogP contribution in [0.2, 0.25) is 0 Å². The Bertz CT molecular complexity index is 1800. The number of ether oxygens (including phenoxy) is 2. The first-order valence-electron chi connectivity index (χ1n) is 22.6. The van der Waals surface area contributed by atoms with Crippen LogP contribution in [0, 0.1) is 5.92 Å². The van der Waals surface area contributed by atoms with Crippen LogP contribution in [0.15, 0.2) is 54.6 Å². The van der Waals surface area contributed by atoms with Gasteiger partial charge in [-0.15, -0.1) is 12.4 Å². The van der Waals surface area contributed by atoms with E-state index in [-0.39, 0.29) is 67.3 Å². The van der Waals surface area contributed by atoms with Crippen LogP contribution in [0.25, 0.3) is 0 Å². The molecule has 1 aliphatic carbocycles. The Labute approximate surface area is 386 Å². The smallest absolute Gasteiger partial charge is 0.326 e. The molecule has 0 bridgehead atoms. The molecule has 358 valence electrons. The Balaban J connectivity index is 0.000000399. The maximum Gasteiger partial charge on any atom is 0.326 e. The molecule has 1 saturated heterocycles. The first-order valence-corrected chi connectivity index (χ1v) is 22.6. The lowest BCUT2D eigenvalue weighted by Gasteiger charge is -2.36. The summed E-state index contributed by atoms with van der Waals surface area (Å²) in [7, 11) is 0. The number of amides is 2. The predicted molar refractivity (Wildman–Crippen MR) is 248 cm³/mol. The van der Waals surface area contributed by atoms with Crippen molar-refractivity contribution in [1.82, 2.24) is 20.4 Å². The molecule has 2 amide bonds. The van der Waals surface area contributed by atoms with Crippen LogP contribution in [-0.4, -0.2) is 117 Å². The molecule has 15 nitrogen and oxygen atoms in total. The number of carboxylic acids is 2. The monoisotopic (exact) mass is 916 g/mol. The van der Waals surface area contributed by atoms with E-state index in [2.05, 4.69) is 10.6 Å². The number of nitrogens with two attached hydrogens (primary N) is 1. The minimum Gasteiger partial charge on any atom is -0.480 e. The molecule has 16 heteroatoms. The SMILES string of the molecule is CC(C)(C)N.CCC[C@H](N[C@@H](C)C(=O)N1[C@H](C(=O)O)C[C@@H]2CCCC[C@@H]21)C(=O)OCC.CCOC(=O)[C@H](CCc1ccccc1)N[C@@H](C)C(=O)N1Cc2ccccc2C[C@H]1C(=O)O.Cl. The molecule has 0 unspecified atom stereocenters. The van der Waals surface area contributed by atoms with E-state index in [0.29, 0.717) is 32.3 Å². The number of halogens is 1. The molecule has 1 saturated carbocycles. The first-order chi connectivity index (χ1) is 29.8. The molecule has 2 aromatic rings. The number of aryl methyl sites for hydroxylation is 1. The molecule has 0 radical (unpaired) electrons. The Hall–Kier alpha value is -4.57. The molecule has 2 fully saturated rings. The largest absolute Gasteiger partial charge is 0.480 e. The Morgan fingerprint density at radius 1 is 0.750 bits per heavy atom. The second-order valence-electron chi connectivity index (χ2n) is 17.8. The lowest BCUT2D eigenvalue weighted by molar-refractivity contribution is -0.153. The van der Waals surface area contributed by atoms with Gasteiger partial charge in [0.1, 0.15) is 24.2 Å². The molecule has 2 heterocycles. The number of carboxylic acid groups (broad SMARTS) is 2. The van der Waals surface area contributed by atoms with E-state index in [1.54, 1.807) is 32.6 Å². The lowest BCUT2D eigenvalue weighted by atomic mass is 9.84. The molecular formula is C48H74ClN5O10. The number of nitrogens with one attached hydrogen (secondary N) is 2. The van der Waals surface area contributed by atoms with Crippen LogP contribution < -0.4 is 16.4 Å². The zero-order valence-electron chi connectivity index (χ0n) is 39.0. The van der Waals surface area contributed by atoms with E-state index in [1.807, 2.05) is 82.3 Å². The van der Waals surface area contributed by atoms with Gasteiger partial charge in [0, 0.05) is 24.5 Å². The van der Waals surface area contributed by atoms with Crippen molar-refractivity contribution in [2.45, 2.75) is 174 Å². The molecule has 6 N–H and O–H groups in total. The second-order valence-corrected chi connectivity index (χ2v) is 17.8. The molecule has 2 aliphatic heterocycles. The van der Waals surface area contributed by atoms with Gasteiger partial charge < -0.3 is 35.2 Å². The van der Waals surface area contributed by atoms with Crippen molar-refractivity contribution in [3.63, 3.8) is 0 Å². The normalized spacial score (nSPS) is 20.7. The minimum atomic E-state index is -1.04. The summed E-state index contributed by atoms with van der Waals surface area (Å²) in [4.78, 5) is 77.6. The summed E-state index contributed by atoms with van der Waals surface area (Å²) in [5, 5.41) is 25.5. The van der Waals surface area contributed by atoms with E-state index < -0.39 is 54.2 Å². The summed E-state index contributed by atoms with van der Waals surface area (Å²) in [6.45, 7) is 15.5. The Morgan fingerprint density at radius 3 is 1.78 bits per heavy atom. The van der Waals surface area contributed by atoms with Crippen molar-refractivity contribution in [3.8, 4) is 0 Å². The van der Waals surface area contributed by atoms with E-state index >= 15 is 0 Å². The maximum absolute atomic E-state index is 13.3. The fourth-order valence-electron chi connectivity index (χ4n) is 8.46. The van der Waals surface area contributed by atoms with Crippen molar-refractivity contribution in [2.24, 2.45) is 11.7 Å². The highest BCUT2D eigenvalue weighted by Gasteiger charge is 2.48. The van der Waals surface area contributed by atoms with Gasteiger partial charge in [0.15, 0.2) is 0 Å². The number of carbonyl (C=O) groups is 6. The summed E-state index contributed by atoms with van der Waals surface area (Å²) in [6, 6.07) is 13.1. The van der Waals surface area contributed by atoms with E-state index in [4.69, 9.17) is 15.2 Å². The third-order valence-electron chi connectivity index (χ3n) is 11.4. The topological polar surface area (TPSA) is 218 Å². The zero-order chi connectivity index (χ0) is 46.9. The molecule has 64 heavy (non-hydrogen) atoms. The van der Waals surface area contributed by atoms with Gasteiger partial charge >= 0.3 is 23.9 Å². The number of hydrogen-bond acceptors (Lipinski definition) is 11. The quantitative estimate of drug-likeness (QED) is 0.121. The third kappa shape index (κ3) is 17.1. The number of aliphatic carboxylic acids is 2.